The molecule has 0 saturated carbocycles. The van der Waals surface area contributed by atoms with Crippen LogP contribution < -0.4 is 9.57 Å². The lowest BCUT2D eigenvalue weighted by atomic mass is 10.2. The van der Waals surface area contributed by atoms with Crippen LogP contribution in [-0.2, 0) is 10.0 Å². The van der Waals surface area contributed by atoms with E-state index in [4.69, 9.17) is 4.74 Å². The van der Waals surface area contributed by atoms with Crippen LogP contribution in [0.1, 0.15) is 12.5 Å². The molecule has 21 heavy (non-hydrogen) atoms. The van der Waals surface area contributed by atoms with Gasteiger partial charge in [-0.1, -0.05) is 30.3 Å². The van der Waals surface area contributed by atoms with E-state index in [-0.39, 0.29) is 4.90 Å². The highest BCUT2D eigenvalue weighted by Crippen LogP contribution is 2.15. The van der Waals surface area contributed by atoms with Crippen LogP contribution in [0.3, 0.4) is 0 Å². The van der Waals surface area contributed by atoms with Gasteiger partial charge < -0.3 is 4.74 Å². The summed E-state index contributed by atoms with van der Waals surface area (Å²) in [6.45, 7) is 2.40. The second kappa shape index (κ2) is 6.90. The Kier molecular flexibility index (Phi) is 4.94. The molecule has 0 aliphatic heterocycles. The zero-order valence-corrected chi connectivity index (χ0v) is 12.4. The second-order valence-corrected chi connectivity index (χ2v) is 5.83. The quantitative estimate of drug-likeness (QED) is 0.658. The Balaban J connectivity index is 2.06. The van der Waals surface area contributed by atoms with Crippen LogP contribution in [0.15, 0.2) is 64.6 Å². The Bertz CT molecular complexity index is 695. The summed E-state index contributed by atoms with van der Waals surface area (Å²) in [6.07, 6.45) is 1.45. The summed E-state index contributed by atoms with van der Waals surface area (Å²) in [5.74, 6) is 0.629. The van der Waals surface area contributed by atoms with Crippen molar-refractivity contribution < 1.29 is 13.2 Å². The predicted octanol–water partition coefficient (Wildman–Crippen LogP) is 2.40. The highest BCUT2D eigenvalue weighted by Gasteiger charge is 2.12. The fourth-order valence-corrected chi connectivity index (χ4v) is 2.44. The molecule has 0 radical (unpaired) electrons. The lowest BCUT2D eigenvalue weighted by molar-refractivity contribution is 0.340. The minimum Gasteiger partial charge on any atom is -0.494 e. The fourth-order valence-electron chi connectivity index (χ4n) is 1.64. The van der Waals surface area contributed by atoms with Crippen molar-refractivity contribution in [3.05, 3.63) is 60.2 Å². The van der Waals surface area contributed by atoms with E-state index in [0.29, 0.717) is 12.4 Å². The first kappa shape index (κ1) is 15.1. The summed E-state index contributed by atoms with van der Waals surface area (Å²) < 4.78 is 29.3. The molecule has 110 valence electrons. The van der Waals surface area contributed by atoms with Crippen molar-refractivity contribution in [1.82, 2.24) is 4.83 Å². The number of hydrazone groups is 1. The molecule has 0 amide bonds. The third-order valence-electron chi connectivity index (χ3n) is 2.63. The highest BCUT2D eigenvalue weighted by molar-refractivity contribution is 7.89. The third kappa shape index (κ3) is 4.32. The smallest absolute Gasteiger partial charge is 0.276 e. The van der Waals surface area contributed by atoms with E-state index in [0.717, 1.165) is 5.56 Å². The van der Waals surface area contributed by atoms with Crippen LogP contribution in [0.25, 0.3) is 0 Å². The van der Waals surface area contributed by atoms with Crippen LogP contribution in [-0.4, -0.2) is 21.2 Å². The molecule has 5 nitrogen and oxygen atoms in total. The molecular formula is C15H16N2O3S. The van der Waals surface area contributed by atoms with Gasteiger partial charge in [0.05, 0.1) is 17.7 Å². The second-order valence-electron chi connectivity index (χ2n) is 4.17. The van der Waals surface area contributed by atoms with Crippen LogP contribution in [0.4, 0.5) is 0 Å². The lowest BCUT2D eigenvalue weighted by Gasteiger charge is -2.05. The summed E-state index contributed by atoms with van der Waals surface area (Å²) in [6, 6.07) is 15.4. The molecule has 0 unspecified atom stereocenters. The van der Waals surface area contributed by atoms with Crippen molar-refractivity contribution in [2.24, 2.45) is 5.10 Å². The van der Waals surface area contributed by atoms with E-state index in [1.165, 1.54) is 18.3 Å². The average Bonchev–Trinajstić information content (AvgIpc) is 2.49. The summed E-state index contributed by atoms with van der Waals surface area (Å²) in [4.78, 5) is 2.31. The van der Waals surface area contributed by atoms with Crippen molar-refractivity contribution >= 4 is 16.2 Å². The number of nitrogens with zero attached hydrogens (tertiary/aromatic N) is 1. The van der Waals surface area contributed by atoms with Crippen LogP contribution in [0.5, 0.6) is 5.75 Å². The Morgan fingerprint density at radius 2 is 1.76 bits per heavy atom. The van der Waals surface area contributed by atoms with Gasteiger partial charge in [0, 0.05) is 0 Å². The maximum Gasteiger partial charge on any atom is 0.276 e. The van der Waals surface area contributed by atoms with Gasteiger partial charge in [-0.3, -0.25) is 0 Å². The van der Waals surface area contributed by atoms with Gasteiger partial charge in [0.25, 0.3) is 10.0 Å². The molecule has 1 N–H and O–H groups in total. The zero-order valence-electron chi connectivity index (χ0n) is 11.6. The normalized spacial score (nSPS) is 11.5. The molecule has 0 saturated heterocycles. The molecule has 0 atom stereocenters. The number of hydrogen-bond donors (Lipinski definition) is 1. The van der Waals surface area contributed by atoms with Crippen molar-refractivity contribution in [3.8, 4) is 5.75 Å². The van der Waals surface area contributed by atoms with Gasteiger partial charge in [0.2, 0.25) is 0 Å². The predicted molar refractivity (Wildman–Crippen MR) is 82.0 cm³/mol. The van der Waals surface area contributed by atoms with Gasteiger partial charge in [-0.05, 0) is 36.8 Å². The summed E-state index contributed by atoms with van der Waals surface area (Å²) in [5.41, 5.74) is 0.812. The standard InChI is InChI=1S/C15H16N2O3S/c1-2-20-14-8-10-15(11-9-14)21(18,19)17-16-12-13-6-4-3-5-7-13/h3-12,17H,2H2,1H3/b16-12-. The molecule has 0 aromatic heterocycles. The molecule has 0 heterocycles. The van der Waals surface area contributed by atoms with Crippen molar-refractivity contribution in [2.45, 2.75) is 11.8 Å². The number of hydrogen-bond acceptors (Lipinski definition) is 4. The van der Waals surface area contributed by atoms with Crippen LogP contribution in [0, 0.1) is 0 Å². The SMILES string of the molecule is CCOc1ccc(S(=O)(=O)N/N=C\c2ccccc2)cc1. The average molecular weight is 304 g/mol. The van der Waals surface area contributed by atoms with E-state index < -0.39 is 10.0 Å². The summed E-state index contributed by atoms with van der Waals surface area (Å²) >= 11 is 0. The molecule has 2 rings (SSSR count). The summed E-state index contributed by atoms with van der Waals surface area (Å²) in [5, 5.41) is 3.75. The Morgan fingerprint density at radius 1 is 1.10 bits per heavy atom. The molecule has 0 aliphatic rings. The maximum absolute atomic E-state index is 12.0. The molecule has 2 aromatic carbocycles. The number of sulfonamides is 1. The molecule has 2 aromatic rings. The molecule has 0 bridgehead atoms. The van der Waals surface area contributed by atoms with Crippen molar-refractivity contribution in [2.75, 3.05) is 6.61 Å². The van der Waals surface area contributed by atoms with Gasteiger partial charge in [-0.25, -0.2) is 4.83 Å². The van der Waals surface area contributed by atoms with Gasteiger partial charge in [-0.2, -0.15) is 13.5 Å². The van der Waals surface area contributed by atoms with E-state index in [1.807, 2.05) is 37.3 Å². The van der Waals surface area contributed by atoms with E-state index >= 15 is 0 Å². The Morgan fingerprint density at radius 3 is 2.38 bits per heavy atom. The summed E-state index contributed by atoms with van der Waals surface area (Å²) in [7, 11) is -3.67. The van der Waals surface area contributed by atoms with Gasteiger partial charge >= 0.3 is 0 Å². The molecule has 0 spiro atoms. The van der Waals surface area contributed by atoms with Gasteiger partial charge in [0.15, 0.2) is 0 Å². The first-order valence-electron chi connectivity index (χ1n) is 6.44. The molecule has 0 aliphatic carbocycles. The molecule has 6 heteroatoms. The van der Waals surface area contributed by atoms with Crippen LogP contribution >= 0.6 is 0 Å². The number of benzene rings is 2. The topological polar surface area (TPSA) is 67.8 Å². The minimum absolute atomic E-state index is 0.135. The van der Waals surface area contributed by atoms with Crippen molar-refractivity contribution in [1.29, 1.82) is 0 Å². The van der Waals surface area contributed by atoms with E-state index in [1.54, 1.807) is 12.1 Å². The minimum atomic E-state index is -3.67. The third-order valence-corrected chi connectivity index (χ3v) is 3.87. The maximum atomic E-state index is 12.0. The van der Waals surface area contributed by atoms with Gasteiger partial charge in [0.1, 0.15) is 5.75 Å². The van der Waals surface area contributed by atoms with Gasteiger partial charge in [-0.15, -0.1) is 0 Å². The highest BCUT2D eigenvalue weighted by atomic mass is 32.2. The lowest BCUT2D eigenvalue weighted by Crippen LogP contribution is -2.18. The van der Waals surface area contributed by atoms with Crippen molar-refractivity contribution in [3.63, 3.8) is 0 Å². The first-order valence-corrected chi connectivity index (χ1v) is 7.93. The van der Waals surface area contributed by atoms with E-state index in [9.17, 15) is 8.42 Å². The monoisotopic (exact) mass is 304 g/mol. The first-order chi connectivity index (χ1) is 10.1. The van der Waals surface area contributed by atoms with E-state index in [2.05, 4.69) is 9.93 Å². The zero-order chi connectivity index (χ0) is 15.1. The number of nitrogens with one attached hydrogen (secondary N) is 1. The molecular weight excluding hydrogens is 288 g/mol. The molecule has 0 fully saturated rings. The largest absolute Gasteiger partial charge is 0.494 e. The van der Waals surface area contributed by atoms with Crippen LogP contribution in [0.2, 0.25) is 0 Å². The number of ether oxygens (including phenoxy) is 1. The fraction of sp³-hybridized carbons (Fsp3) is 0.133. The Labute approximate surface area is 124 Å². The number of rotatable bonds is 6. The Hall–Kier alpha value is -2.34.